The summed E-state index contributed by atoms with van der Waals surface area (Å²) in [6.45, 7) is 4.44. The van der Waals surface area contributed by atoms with Crippen LogP contribution in [0.2, 0.25) is 0 Å². The summed E-state index contributed by atoms with van der Waals surface area (Å²) in [6.07, 6.45) is 3.30. The third-order valence-electron chi connectivity index (χ3n) is 6.04. The molecule has 5 nitrogen and oxygen atoms in total. The Hall–Kier alpha value is -2.95. The third-order valence-corrected chi connectivity index (χ3v) is 6.04. The van der Waals surface area contributed by atoms with Crippen LogP contribution in [0.1, 0.15) is 43.6 Å². The van der Waals surface area contributed by atoms with Gasteiger partial charge in [-0.2, -0.15) is 9.78 Å². The first-order valence-corrected chi connectivity index (χ1v) is 9.94. The molecule has 0 bridgehead atoms. The third kappa shape index (κ3) is 3.33. The highest BCUT2D eigenvalue weighted by Gasteiger charge is 2.29. The van der Waals surface area contributed by atoms with E-state index >= 15 is 0 Å². The van der Waals surface area contributed by atoms with Gasteiger partial charge in [0.25, 0.3) is 11.5 Å². The summed E-state index contributed by atoms with van der Waals surface area (Å²) in [5.74, 6) is 0.790. The van der Waals surface area contributed by atoms with Gasteiger partial charge in [0.15, 0.2) is 5.69 Å². The van der Waals surface area contributed by atoms with E-state index in [-0.39, 0.29) is 17.5 Å². The molecule has 0 spiro atoms. The smallest absolute Gasteiger partial charge is 0.279 e. The normalized spacial score (nSPS) is 22.1. The highest BCUT2D eigenvalue weighted by atomic mass is 16.2. The van der Waals surface area contributed by atoms with Crippen molar-refractivity contribution in [1.82, 2.24) is 15.1 Å². The fourth-order valence-electron chi connectivity index (χ4n) is 4.12. The molecule has 144 valence electrons. The van der Waals surface area contributed by atoms with Crippen LogP contribution in [0.5, 0.6) is 0 Å². The Balaban J connectivity index is 1.79. The lowest BCUT2D eigenvalue weighted by Gasteiger charge is -2.34. The number of carbonyl (C=O) groups excluding carboxylic acids is 1. The van der Waals surface area contributed by atoms with Gasteiger partial charge in [0.05, 0.1) is 11.1 Å². The zero-order valence-corrected chi connectivity index (χ0v) is 16.3. The summed E-state index contributed by atoms with van der Waals surface area (Å²) in [6, 6.07) is 16.5. The fraction of sp³-hybridized carbons (Fsp3) is 0.348. The van der Waals surface area contributed by atoms with Crippen molar-refractivity contribution in [3.05, 3.63) is 70.6 Å². The average Bonchev–Trinajstić information content (AvgIpc) is 2.72. The number of hydrogen-bond acceptors (Lipinski definition) is 3. The molecule has 1 amide bonds. The number of rotatable bonds is 3. The minimum absolute atomic E-state index is 0.133. The Morgan fingerprint density at radius 1 is 1.00 bits per heavy atom. The number of nitrogens with zero attached hydrogens (tertiary/aromatic N) is 2. The van der Waals surface area contributed by atoms with E-state index in [0.29, 0.717) is 34.0 Å². The predicted molar refractivity (Wildman–Crippen MR) is 111 cm³/mol. The molecule has 0 saturated heterocycles. The maximum atomic E-state index is 13.2. The van der Waals surface area contributed by atoms with Crippen LogP contribution in [-0.4, -0.2) is 21.7 Å². The zero-order valence-electron chi connectivity index (χ0n) is 16.3. The highest BCUT2D eigenvalue weighted by Crippen LogP contribution is 2.29. The van der Waals surface area contributed by atoms with Gasteiger partial charge in [0, 0.05) is 11.4 Å². The Morgan fingerprint density at radius 2 is 1.68 bits per heavy atom. The first-order valence-electron chi connectivity index (χ1n) is 9.94. The second kappa shape index (κ2) is 7.58. The van der Waals surface area contributed by atoms with E-state index in [2.05, 4.69) is 24.3 Å². The number of aromatic nitrogens is 2. The van der Waals surface area contributed by atoms with Gasteiger partial charge in [0.1, 0.15) is 0 Å². The molecule has 1 aromatic heterocycles. The quantitative estimate of drug-likeness (QED) is 0.754. The molecule has 1 saturated carbocycles. The zero-order chi connectivity index (χ0) is 19.7. The Labute approximate surface area is 164 Å². The Morgan fingerprint density at radius 3 is 2.43 bits per heavy atom. The van der Waals surface area contributed by atoms with E-state index < -0.39 is 0 Å². The number of nitrogens with one attached hydrogen (secondary N) is 1. The van der Waals surface area contributed by atoms with Crippen LogP contribution in [0.4, 0.5) is 0 Å². The first-order chi connectivity index (χ1) is 13.6. The lowest BCUT2D eigenvalue weighted by molar-refractivity contribution is 0.0886. The molecule has 5 heteroatoms. The van der Waals surface area contributed by atoms with E-state index in [4.69, 9.17) is 0 Å². The maximum Gasteiger partial charge on any atom is 0.279 e. The summed E-state index contributed by atoms with van der Waals surface area (Å²) in [5.41, 5.74) is 0.717. The van der Waals surface area contributed by atoms with Crippen molar-refractivity contribution >= 4 is 16.7 Å². The Bertz CT molecular complexity index is 1060. The van der Waals surface area contributed by atoms with Gasteiger partial charge >= 0.3 is 0 Å². The molecule has 3 atom stereocenters. The number of hydrogen-bond donors (Lipinski definition) is 1. The van der Waals surface area contributed by atoms with Crippen LogP contribution in [0.15, 0.2) is 59.4 Å². The van der Waals surface area contributed by atoms with Crippen molar-refractivity contribution in [1.29, 1.82) is 0 Å². The minimum atomic E-state index is -0.224. The molecule has 0 radical (unpaired) electrons. The van der Waals surface area contributed by atoms with Gasteiger partial charge < -0.3 is 5.32 Å². The second-order valence-corrected chi connectivity index (χ2v) is 7.79. The van der Waals surface area contributed by atoms with Crippen LogP contribution < -0.4 is 10.9 Å². The molecule has 3 aromatic rings. The molecule has 1 aliphatic rings. The number of carbonyl (C=O) groups is 1. The molecule has 1 aliphatic carbocycles. The van der Waals surface area contributed by atoms with Crippen molar-refractivity contribution in [3.63, 3.8) is 0 Å². The average molecular weight is 375 g/mol. The lowest BCUT2D eigenvalue weighted by atomic mass is 9.78. The van der Waals surface area contributed by atoms with Crippen molar-refractivity contribution < 1.29 is 4.79 Å². The van der Waals surface area contributed by atoms with Crippen molar-refractivity contribution in [2.45, 2.75) is 39.2 Å². The van der Waals surface area contributed by atoms with E-state index in [1.165, 1.54) is 11.1 Å². The van der Waals surface area contributed by atoms with E-state index in [1.54, 1.807) is 12.1 Å². The lowest BCUT2D eigenvalue weighted by Crippen LogP contribution is -2.44. The van der Waals surface area contributed by atoms with Gasteiger partial charge in [-0.25, -0.2) is 0 Å². The number of fused-ring (bicyclic) bond motifs is 1. The Kier molecular flexibility index (Phi) is 4.99. The van der Waals surface area contributed by atoms with Crippen LogP contribution >= 0.6 is 0 Å². The minimum Gasteiger partial charge on any atom is -0.348 e. The monoisotopic (exact) mass is 375 g/mol. The topological polar surface area (TPSA) is 64.0 Å². The molecule has 2 aromatic carbocycles. The van der Waals surface area contributed by atoms with E-state index in [0.717, 1.165) is 12.8 Å². The number of benzene rings is 2. The molecular formula is C23H25N3O2. The maximum absolute atomic E-state index is 13.2. The highest BCUT2D eigenvalue weighted by molar-refractivity contribution is 6.05. The van der Waals surface area contributed by atoms with Gasteiger partial charge in [0.2, 0.25) is 0 Å². The molecule has 1 heterocycles. The SMILES string of the molecule is C[C@@H]1[C@H](C)CCC[C@H]1NC(=O)c1nn(-c2ccccc2)c(=O)c2ccccc12. The fourth-order valence-corrected chi connectivity index (χ4v) is 4.12. The van der Waals surface area contributed by atoms with Crippen molar-refractivity contribution in [3.8, 4) is 5.69 Å². The summed E-state index contributed by atoms with van der Waals surface area (Å²) >= 11 is 0. The largest absolute Gasteiger partial charge is 0.348 e. The molecule has 0 aliphatic heterocycles. The second-order valence-electron chi connectivity index (χ2n) is 7.79. The molecular weight excluding hydrogens is 350 g/mol. The van der Waals surface area contributed by atoms with Crippen LogP contribution in [0.3, 0.4) is 0 Å². The van der Waals surface area contributed by atoms with Gasteiger partial charge in [-0.3, -0.25) is 9.59 Å². The van der Waals surface area contributed by atoms with Crippen LogP contribution in [0, 0.1) is 11.8 Å². The number of para-hydroxylation sites is 1. The molecule has 1 fully saturated rings. The molecule has 0 unspecified atom stereocenters. The van der Waals surface area contributed by atoms with Crippen LogP contribution in [0.25, 0.3) is 16.5 Å². The van der Waals surface area contributed by atoms with Gasteiger partial charge in [-0.05, 0) is 36.5 Å². The standard InChI is InChI=1S/C23H25N3O2/c1-15-9-8-14-20(16(15)2)24-22(27)21-18-12-6-7-13-19(18)23(28)26(25-21)17-10-4-3-5-11-17/h3-7,10-13,15-16,20H,8-9,14H2,1-2H3,(H,24,27)/t15-,16-,20-/m1/s1. The summed E-state index contributed by atoms with van der Waals surface area (Å²) < 4.78 is 1.32. The van der Waals surface area contributed by atoms with E-state index in [1.807, 2.05) is 42.5 Å². The first kappa shape index (κ1) is 18.4. The molecule has 4 rings (SSSR count). The molecule has 1 N–H and O–H groups in total. The van der Waals surface area contributed by atoms with Gasteiger partial charge in [-0.1, -0.05) is 63.1 Å². The van der Waals surface area contributed by atoms with Gasteiger partial charge in [-0.15, -0.1) is 0 Å². The summed E-state index contributed by atoms with van der Waals surface area (Å²) in [4.78, 5) is 26.1. The van der Waals surface area contributed by atoms with Crippen molar-refractivity contribution in [2.75, 3.05) is 0 Å². The van der Waals surface area contributed by atoms with E-state index in [9.17, 15) is 9.59 Å². The van der Waals surface area contributed by atoms with Crippen LogP contribution in [-0.2, 0) is 0 Å². The van der Waals surface area contributed by atoms with Crippen molar-refractivity contribution in [2.24, 2.45) is 11.8 Å². The summed E-state index contributed by atoms with van der Waals surface area (Å²) in [7, 11) is 0. The predicted octanol–water partition coefficient (Wildman–Crippen LogP) is 3.94. The summed E-state index contributed by atoms with van der Waals surface area (Å²) in [5, 5.41) is 8.75. The molecule has 28 heavy (non-hydrogen) atoms. The number of amides is 1.